The van der Waals surface area contributed by atoms with E-state index in [1.807, 2.05) is 13.3 Å². The predicted octanol–water partition coefficient (Wildman–Crippen LogP) is 2.07. The Morgan fingerprint density at radius 2 is 1.83 bits per heavy atom. The molecule has 0 bridgehead atoms. The molecule has 0 heterocycles. The minimum Gasteiger partial charge on any atom is -0.372 e. The second-order valence-electron chi connectivity index (χ2n) is 0.697. The Balaban J connectivity index is -0.0000000450. The summed E-state index contributed by atoms with van der Waals surface area (Å²) in [7, 11) is 0. The first-order chi connectivity index (χ1) is 1.91. The van der Waals surface area contributed by atoms with Gasteiger partial charge in [0.1, 0.15) is 0 Å². The summed E-state index contributed by atoms with van der Waals surface area (Å²) in [6, 6.07) is 0. The van der Waals surface area contributed by atoms with Crippen LogP contribution in [0.4, 0.5) is 0 Å². The molecule has 0 aromatic heterocycles. The molecule has 0 aromatic rings. The van der Waals surface area contributed by atoms with Crippen molar-refractivity contribution >= 4 is 0 Å². The third-order valence-electron chi connectivity index (χ3n) is 0.289. The van der Waals surface area contributed by atoms with Crippen molar-refractivity contribution in [2.75, 3.05) is 0 Å². The molecule has 0 aliphatic carbocycles. The van der Waals surface area contributed by atoms with E-state index in [0.717, 1.165) is 6.42 Å². The van der Waals surface area contributed by atoms with Crippen molar-refractivity contribution in [3.8, 4) is 0 Å². The van der Waals surface area contributed by atoms with Crippen LogP contribution in [-0.2, 0) is 32.7 Å². The molecule has 0 fully saturated rings. The molecule has 0 nitrogen and oxygen atoms in total. The Morgan fingerprint density at radius 3 is 1.83 bits per heavy atom. The maximum absolute atomic E-state index is 3.55. The maximum atomic E-state index is 3.55. The van der Waals surface area contributed by atoms with Gasteiger partial charge in [0.2, 0.25) is 0 Å². The van der Waals surface area contributed by atoms with Crippen LogP contribution < -0.4 is 0 Å². The zero-order valence-corrected chi connectivity index (χ0v) is 6.41. The third-order valence-corrected chi connectivity index (χ3v) is 0.289. The Hall–Kier alpha value is 1.10. The van der Waals surface area contributed by atoms with Crippen LogP contribution in [0.3, 0.4) is 0 Å². The maximum Gasteiger partial charge on any atom is 0 e. The molecule has 0 aliphatic rings. The minimum absolute atomic E-state index is 0. The van der Waals surface area contributed by atoms with Crippen LogP contribution >= 0.6 is 0 Å². The second-order valence-corrected chi connectivity index (χ2v) is 0.697. The van der Waals surface area contributed by atoms with Crippen molar-refractivity contribution in [1.29, 1.82) is 0 Å². The van der Waals surface area contributed by atoms with Crippen LogP contribution in [0.1, 0.15) is 20.8 Å². The van der Waals surface area contributed by atoms with E-state index in [4.69, 9.17) is 0 Å². The molecule has 0 amide bonds. The summed E-state index contributed by atoms with van der Waals surface area (Å²) >= 11 is 0. The summed E-state index contributed by atoms with van der Waals surface area (Å²) in [4.78, 5) is 0. The fourth-order valence-corrected chi connectivity index (χ4v) is 0. The van der Waals surface area contributed by atoms with Gasteiger partial charge in [0.05, 0.1) is 0 Å². The number of unbranched alkanes of at least 4 members (excludes halogenated alkanes) is 1. The first kappa shape index (κ1) is 15.7. The van der Waals surface area contributed by atoms with E-state index >= 15 is 0 Å². The molecule has 0 rings (SSSR count). The second kappa shape index (κ2) is 16.5. The van der Waals surface area contributed by atoms with Crippen molar-refractivity contribution in [2.24, 2.45) is 0 Å². The fraction of sp³-hybridized carbons (Fsp3) is 0.600. The average molecular weight is 161 g/mol. The Bertz CT molecular complexity index is 5.90. The molecule has 0 N–H and O–H groups in total. The van der Waals surface area contributed by atoms with Gasteiger partial charge in [-0.05, 0) is 0 Å². The van der Waals surface area contributed by atoms with Crippen LogP contribution in [0.2, 0.25) is 0 Å². The summed E-state index contributed by atoms with van der Waals surface area (Å²) in [5.41, 5.74) is 0. The number of hydrogen-bond donors (Lipinski definition) is 0. The molecule has 37 valence electrons. The van der Waals surface area contributed by atoms with Crippen molar-refractivity contribution in [3.05, 3.63) is 13.3 Å². The summed E-state index contributed by atoms with van der Waals surface area (Å²) < 4.78 is 0. The molecule has 0 aromatic carbocycles. The first-order valence-corrected chi connectivity index (χ1v) is 1.49. The SMILES string of the molecule is C.[CH2-]C[CH-]C.[Y]. The zero-order valence-electron chi connectivity index (χ0n) is 3.57. The van der Waals surface area contributed by atoms with E-state index in [9.17, 15) is 0 Å². The summed E-state index contributed by atoms with van der Waals surface area (Å²) in [5, 5.41) is 0. The van der Waals surface area contributed by atoms with E-state index in [2.05, 4.69) is 6.92 Å². The zero-order chi connectivity index (χ0) is 3.41. The minimum atomic E-state index is 0. The summed E-state index contributed by atoms with van der Waals surface area (Å²) in [6.45, 7) is 5.54. The van der Waals surface area contributed by atoms with Crippen molar-refractivity contribution < 1.29 is 32.7 Å². The van der Waals surface area contributed by atoms with Gasteiger partial charge in [-0.15, -0.1) is 0 Å². The molecular formula is C5H12Y-2. The molecule has 0 atom stereocenters. The molecule has 1 heteroatoms. The van der Waals surface area contributed by atoms with Crippen molar-refractivity contribution in [1.82, 2.24) is 0 Å². The van der Waals surface area contributed by atoms with Crippen LogP contribution in [0, 0.1) is 13.3 Å². The largest absolute Gasteiger partial charge is 0.372 e. The van der Waals surface area contributed by atoms with Crippen LogP contribution in [0.25, 0.3) is 0 Å². The Kier molecular flexibility index (Phi) is 43.2. The van der Waals surface area contributed by atoms with Gasteiger partial charge in [-0.3, -0.25) is 0 Å². The average Bonchev–Trinajstić information content (AvgIpc) is 1.37. The van der Waals surface area contributed by atoms with Gasteiger partial charge >= 0.3 is 0 Å². The van der Waals surface area contributed by atoms with Gasteiger partial charge in [-0.1, -0.05) is 7.43 Å². The molecule has 0 saturated heterocycles. The predicted molar refractivity (Wildman–Crippen MR) is 26.7 cm³/mol. The van der Waals surface area contributed by atoms with E-state index in [1.165, 1.54) is 0 Å². The first-order valence-electron chi connectivity index (χ1n) is 1.49. The molecule has 0 unspecified atom stereocenters. The van der Waals surface area contributed by atoms with Crippen LogP contribution in [0.15, 0.2) is 0 Å². The molecule has 6 heavy (non-hydrogen) atoms. The topological polar surface area (TPSA) is 0 Å². The van der Waals surface area contributed by atoms with Crippen LogP contribution in [0.5, 0.6) is 0 Å². The van der Waals surface area contributed by atoms with Gasteiger partial charge in [-0.25, -0.2) is 0 Å². The van der Waals surface area contributed by atoms with Crippen LogP contribution in [-0.4, -0.2) is 0 Å². The molecule has 0 aliphatic heterocycles. The monoisotopic (exact) mass is 161 g/mol. The smallest absolute Gasteiger partial charge is 0 e. The molecule has 0 saturated carbocycles. The van der Waals surface area contributed by atoms with Gasteiger partial charge < -0.3 is 19.8 Å². The van der Waals surface area contributed by atoms with Crippen molar-refractivity contribution in [2.45, 2.75) is 20.8 Å². The quantitative estimate of drug-likeness (QED) is 0.516. The van der Waals surface area contributed by atoms with E-state index in [0.29, 0.717) is 0 Å². The normalized spacial score (nSPS) is 5.00. The van der Waals surface area contributed by atoms with Gasteiger partial charge in [-0.2, -0.15) is 6.92 Å². The van der Waals surface area contributed by atoms with Gasteiger partial charge in [0.15, 0.2) is 0 Å². The van der Waals surface area contributed by atoms with E-state index < -0.39 is 0 Å². The van der Waals surface area contributed by atoms with E-state index in [-0.39, 0.29) is 40.1 Å². The molecule has 1 radical (unpaired) electrons. The Morgan fingerprint density at radius 1 is 1.67 bits per heavy atom. The summed E-state index contributed by atoms with van der Waals surface area (Å²) in [5.74, 6) is 0. The third kappa shape index (κ3) is 19.4. The summed E-state index contributed by atoms with van der Waals surface area (Å²) in [6.07, 6.45) is 2.96. The van der Waals surface area contributed by atoms with Gasteiger partial charge in [0, 0.05) is 32.7 Å². The number of rotatable bonds is 1. The Labute approximate surface area is 66.6 Å². The molecular weight excluding hydrogens is 149 g/mol. The van der Waals surface area contributed by atoms with Crippen molar-refractivity contribution in [3.63, 3.8) is 0 Å². The number of hydrogen-bond acceptors (Lipinski definition) is 0. The fourth-order valence-electron chi connectivity index (χ4n) is 0. The molecule has 0 spiro atoms. The standard InChI is InChI=1S/C4H8.CH4.Y/c1-3-4-2;;/h4H,1,3H2,2H3;1H4;/q-2;;. The van der Waals surface area contributed by atoms with Gasteiger partial charge in [0.25, 0.3) is 0 Å². The van der Waals surface area contributed by atoms with E-state index in [1.54, 1.807) is 0 Å².